The number of Topliss-reactive ketones (excluding diaryl/α,β-unsaturated/α-hetero) is 1. The summed E-state index contributed by atoms with van der Waals surface area (Å²) in [4.78, 5) is 15.8. The molecule has 0 amide bonds. The molecule has 0 spiro atoms. The average Bonchev–Trinajstić information content (AvgIpc) is 3.25. The number of ketones is 1. The van der Waals surface area contributed by atoms with Gasteiger partial charge in [0.05, 0.1) is 5.56 Å². The molecule has 0 radical (unpaired) electrons. The average molecular weight is 366 g/mol. The van der Waals surface area contributed by atoms with E-state index in [0.29, 0.717) is 22.2 Å². The fourth-order valence-electron chi connectivity index (χ4n) is 2.88. The maximum Gasteiger partial charge on any atom is 0.209 e. The number of aromatic nitrogens is 2. The van der Waals surface area contributed by atoms with Crippen LogP contribution in [0.2, 0.25) is 0 Å². The number of hydrogen-bond acceptors (Lipinski definition) is 5. The number of halogens is 1. The van der Waals surface area contributed by atoms with E-state index < -0.39 is 5.82 Å². The highest BCUT2D eigenvalue weighted by atomic mass is 32.1. The van der Waals surface area contributed by atoms with Gasteiger partial charge in [0.2, 0.25) is 5.82 Å². The third-order valence-electron chi connectivity index (χ3n) is 4.34. The quantitative estimate of drug-likeness (QED) is 0.444. The minimum atomic E-state index is -0.554. The van der Waals surface area contributed by atoms with Gasteiger partial charge in [0.1, 0.15) is 16.4 Å². The first-order valence-corrected chi connectivity index (χ1v) is 8.86. The topological polar surface area (TPSA) is 56.0 Å². The highest BCUT2D eigenvalue weighted by Gasteiger charge is 2.16. The van der Waals surface area contributed by atoms with Crippen LogP contribution in [-0.2, 0) is 0 Å². The SMILES string of the molecule is CC(=O)c1ccc(-c2nc(-c3cc4c(C)ccc(C)c4o3)ns2)cc1F. The van der Waals surface area contributed by atoms with Crippen LogP contribution in [0.4, 0.5) is 4.39 Å². The van der Waals surface area contributed by atoms with Gasteiger partial charge in [-0.3, -0.25) is 4.79 Å². The van der Waals surface area contributed by atoms with Crippen molar-refractivity contribution < 1.29 is 13.6 Å². The molecule has 26 heavy (non-hydrogen) atoms. The van der Waals surface area contributed by atoms with Gasteiger partial charge < -0.3 is 4.42 Å². The first kappa shape index (κ1) is 16.6. The van der Waals surface area contributed by atoms with Crippen LogP contribution in [0.1, 0.15) is 28.4 Å². The number of hydrogen-bond donors (Lipinski definition) is 0. The molecule has 6 heteroatoms. The van der Waals surface area contributed by atoms with Crippen molar-refractivity contribution >= 4 is 28.3 Å². The minimum absolute atomic E-state index is 0.0710. The maximum atomic E-state index is 14.1. The van der Waals surface area contributed by atoms with Gasteiger partial charge in [-0.15, -0.1) is 0 Å². The van der Waals surface area contributed by atoms with E-state index in [2.05, 4.69) is 15.4 Å². The normalized spacial score (nSPS) is 11.2. The summed E-state index contributed by atoms with van der Waals surface area (Å²) in [6.07, 6.45) is 0. The zero-order valence-corrected chi connectivity index (χ0v) is 15.3. The van der Waals surface area contributed by atoms with E-state index in [-0.39, 0.29) is 11.3 Å². The Bertz CT molecular complexity index is 1120. The third kappa shape index (κ3) is 2.72. The fraction of sp³-hybridized carbons (Fsp3) is 0.150. The molecule has 0 aliphatic rings. The smallest absolute Gasteiger partial charge is 0.209 e. The van der Waals surface area contributed by atoms with Crippen LogP contribution in [0.3, 0.4) is 0 Å². The van der Waals surface area contributed by atoms with E-state index in [1.54, 1.807) is 6.07 Å². The Kier molecular flexibility index (Phi) is 3.92. The zero-order valence-electron chi connectivity index (χ0n) is 14.5. The second-order valence-electron chi connectivity index (χ2n) is 6.23. The number of carbonyl (C=O) groups excluding carboxylic acids is 1. The van der Waals surface area contributed by atoms with Gasteiger partial charge in [-0.1, -0.05) is 18.2 Å². The van der Waals surface area contributed by atoms with Gasteiger partial charge >= 0.3 is 0 Å². The molecule has 2 heterocycles. The zero-order chi connectivity index (χ0) is 18.4. The lowest BCUT2D eigenvalue weighted by Gasteiger charge is -2.00. The number of furan rings is 1. The van der Waals surface area contributed by atoms with E-state index in [0.717, 1.165) is 22.1 Å². The summed E-state index contributed by atoms with van der Waals surface area (Å²) in [7, 11) is 0. The molecule has 130 valence electrons. The molecule has 0 saturated carbocycles. The second-order valence-corrected chi connectivity index (χ2v) is 6.98. The van der Waals surface area contributed by atoms with E-state index >= 15 is 0 Å². The van der Waals surface area contributed by atoms with Crippen LogP contribution in [0.25, 0.3) is 33.1 Å². The van der Waals surface area contributed by atoms with Crippen molar-refractivity contribution in [2.45, 2.75) is 20.8 Å². The van der Waals surface area contributed by atoms with Crippen molar-refractivity contribution in [1.29, 1.82) is 0 Å². The fourth-order valence-corrected chi connectivity index (χ4v) is 3.54. The number of benzene rings is 2. The highest BCUT2D eigenvalue weighted by molar-refractivity contribution is 7.09. The molecule has 0 bridgehead atoms. The monoisotopic (exact) mass is 366 g/mol. The van der Waals surface area contributed by atoms with Crippen LogP contribution in [-0.4, -0.2) is 15.1 Å². The third-order valence-corrected chi connectivity index (χ3v) is 5.10. The van der Waals surface area contributed by atoms with Crippen molar-refractivity contribution in [3.05, 3.63) is 58.9 Å². The number of aryl methyl sites for hydroxylation is 2. The van der Waals surface area contributed by atoms with Gasteiger partial charge in [-0.05, 0) is 61.6 Å². The molecule has 0 atom stereocenters. The molecule has 4 nitrogen and oxygen atoms in total. The molecule has 2 aromatic carbocycles. The van der Waals surface area contributed by atoms with Crippen LogP contribution in [0.15, 0.2) is 40.8 Å². The standard InChI is InChI=1S/C20H15FN2O2S/c1-10-4-5-11(2)18-15(10)9-17(25-18)19-22-20(26-23-19)13-6-7-14(12(3)24)16(21)8-13/h4-9H,1-3H3. The summed E-state index contributed by atoms with van der Waals surface area (Å²) in [5.74, 6) is 0.193. The van der Waals surface area contributed by atoms with Crippen molar-refractivity contribution in [2.75, 3.05) is 0 Å². The predicted octanol–water partition coefficient (Wildman–Crippen LogP) is 5.58. The molecular formula is C20H15FN2O2S. The van der Waals surface area contributed by atoms with Gasteiger partial charge in [-0.2, -0.15) is 4.37 Å². The highest BCUT2D eigenvalue weighted by Crippen LogP contribution is 2.33. The molecule has 2 aromatic heterocycles. The van der Waals surface area contributed by atoms with Gasteiger partial charge in [0.25, 0.3) is 0 Å². The van der Waals surface area contributed by atoms with E-state index in [9.17, 15) is 9.18 Å². The molecular weight excluding hydrogens is 351 g/mol. The van der Waals surface area contributed by atoms with E-state index in [1.165, 1.54) is 30.6 Å². The Morgan fingerprint density at radius 1 is 1.12 bits per heavy atom. The lowest BCUT2D eigenvalue weighted by molar-refractivity contribution is 0.101. The molecule has 0 fully saturated rings. The van der Waals surface area contributed by atoms with Crippen molar-refractivity contribution in [2.24, 2.45) is 0 Å². The molecule has 0 aliphatic heterocycles. The van der Waals surface area contributed by atoms with Gasteiger partial charge in [0, 0.05) is 10.9 Å². The summed E-state index contributed by atoms with van der Waals surface area (Å²) in [5.41, 5.74) is 3.65. The van der Waals surface area contributed by atoms with Crippen molar-refractivity contribution in [3.8, 4) is 22.2 Å². The molecule has 4 rings (SSSR count). The molecule has 0 saturated heterocycles. The summed E-state index contributed by atoms with van der Waals surface area (Å²) < 4.78 is 24.4. The minimum Gasteiger partial charge on any atom is -0.452 e. The Morgan fingerprint density at radius 3 is 2.58 bits per heavy atom. The van der Waals surface area contributed by atoms with Crippen molar-refractivity contribution in [3.63, 3.8) is 0 Å². The van der Waals surface area contributed by atoms with E-state index in [4.69, 9.17) is 4.42 Å². The lowest BCUT2D eigenvalue weighted by atomic mass is 10.1. The molecule has 0 unspecified atom stereocenters. The van der Waals surface area contributed by atoms with Gasteiger partial charge in [-0.25, -0.2) is 9.37 Å². The molecule has 4 aromatic rings. The Balaban J connectivity index is 1.75. The molecule has 0 N–H and O–H groups in total. The largest absolute Gasteiger partial charge is 0.452 e. The Labute approximate surface area is 153 Å². The first-order chi connectivity index (χ1) is 12.4. The second kappa shape index (κ2) is 6.14. The number of fused-ring (bicyclic) bond motifs is 1. The molecule has 0 aliphatic carbocycles. The first-order valence-electron chi connectivity index (χ1n) is 8.08. The van der Waals surface area contributed by atoms with Crippen LogP contribution in [0, 0.1) is 19.7 Å². The van der Waals surface area contributed by atoms with Crippen LogP contribution < -0.4 is 0 Å². The number of carbonyl (C=O) groups is 1. The Hall–Kier alpha value is -2.86. The van der Waals surface area contributed by atoms with Crippen LogP contribution >= 0.6 is 11.5 Å². The summed E-state index contributed by atoms with van der Waals surface area (Å²) in [5, 5.41) is 1.61. The summed E-state index contributed by atoms with van der Waals surface area (Å²) in [6, 6.07) is 10.5. The van der Waals surface area contributed by atoms with E-state index in [1.807, 2.05) is 26.0 Å². The number of nitrogens with zero attached hydrogens (tertiary/aromatic N) is 2. The number of rotatable bonds is 3. The van der Waals surface area contributed by atoms with Crippen LogP contribution in [0.5, 0.6) is 0 Å². The maximum absolute atomic E-state index is 14.1. The van der Waals surface area contributed by atoms with Gasteiger partial charge in [0.15, 0.2) is 11.5 Å². The lowest BCUT2D eigenvalue weighted by Crippen LogP contribution is -1.96. The summed E-state index contributed by atoms with van der Waals surface area (Å²) >= 11 is 1.17. The van der Waals surface area contributed by atoms with Crippen molar-refractivity contribution in [1.82, 2.24) is 9.36 Å². The summed E-state index contributed by atoms with van der Waals surface area (Å²) in [6.45, 7) is 5.36. The predicted molar refractivity (Wildman–Crippen MR) is 100.0 cm³/mol. The Morgan fingerprint density at radius 2 is 1.88 bits per heavy atom.